The van der Waals surface area contributed by atoms with Crippen molar-refractivity contribution in [2.45, 2.75) is 97.7 Å². The van der Waals surface area contributed by atoms with E-state index in [0.29, 0.717) is 0 Å². The second-order valence-corrected chi connectivity index (χ2v) is 14.7. The average Bonchev–Trinajstić information content (AvgIpc) is 3.98. The van der Waals surface area contributed by atoms with Crippen LogP contribution in [0.3, 0.4) is 0 Å². The molecule has 12 unspecified atom stereocenters. The molecule has 5 heteroatoms. The normalized spacial score (nSPS) is 36.4. The van der Waals surface area contributed by atoms with Crippen LogP contribution >= 0.6 is 0 Å². The van der Waals surface area contributed by atoms with E-state index < -0.39 is 0 Å². The van der Waals surface area contributed by atoms with Gasteiger partial charge < -0.3 is 21.3 Å². The second kappa shape index (κ2) is 14.6. The van der Waals surface area contributed by atoms with Crippen LogP contribution in [0.4, 0.5) is 0 Å². The van der Waals surface area contributed by atoms with Crippen molar-refractivity contribution in [3.8, 4) is 0 Å². The van der Waals surface area contributed by atoms with Gasteiger partial charge in [0.15, 0.2) is 0 Å². The molecule has 4 aromatic carbocycles. The van der Waals surface area contributed by atoms with E-state index in [0.717, 1.165) is 25.7 Å². The zero-order valence-electron chi connectivity index (χ0n) is 28.2. The summed E-state index contributed by atoms with van der Waals surface area (Å²) < 4.78 is 0. The van der Waals surface area contributed by atoms with Gasteiger partial charge in [0.1, 0.15) is 0 Å². The van der Waals surface area contributed by atoms with Gasteiger partial charge in [-0.25, -0.2) is 0 Å². The molecular formula is C44H46N4Zn. The van der Waals surface area contributed by atoms with Crippen LogP contribution in [0.15, 0.2) is 146 Å². The van der Waals surface area contributed by atoms with Gasteiger partial charge in [-0.1, -0.05) is 171 Å². The smallest absolute Gasteiger partial charge is 0.656 e. The van der Waals surface area contributed by atoms with E-state index in [9.17, 15) is 0 Å². The van der Waals surface area contributed by atoms with Gasteiger partial charge in [-0.3, -0.25) is 0 Å². The summed E-state index contributed by atoms with van der Waals surface area (Å²) in [7, 11) is 0. The molecular weight excluding hydrogens is 650 g/mol. The van der Waals surface area contributed by atoms with Gasteiger partial charge in [0, 0.05) is 24.2 Å². The summed E-state index contributed by atoms with van der Waals surface area (Å²) in [4.78, 5) is 0. The summed E-state index contributed by atoms with van der Waals surface area (Å²) in [6.07, 6.45) is 14.3. The standard InChI is InChI=1S/C44H46N4.Zn/c1-5-13-29(14-6-1)41-33-21-23-35(45-33)42(30-15-7-2-8-16-30)37-25-27-39(47-37)44(32-19-11-4-12-20-32)40-28-26-38(48-40)43(31-17-9-3-10-18-31)36-24-22-34(41)46-36;/h1-21,23,26,28,33-45,48H,22,24-25,27H2;/q-2;+2. The minimum Gasteiger partial charge on any atom is -0.656 e. The molecule has 3 saturated heterocycles. The van der Waals surface area contributed by atoms with Crippen molar-refractivity contribution < 1.29 is 19.5 Å². The van der Waals surface area contributed by atoms with E-state index >= 15 is 0 Å². The van der Waals surface area contributed by atoms with Crippen LogP contribution in [-0.2, 0) is 19.5 Å². The van der Waals surface area contributed by atoms with Crippen molar-refractivity contribution in [3.63, 3.8) is 0 Å². The Kier molecular flexibility index (Phi) is 9.82. The molecule has 5 aliphatic rings. The fraction of sp³-hybridized carbons (Fsp3) is 0.364. The van der Waals surface area contributed by atoms with E-state index in [1.807, 2.05) is 0 Å². The molecule has 0 saturated carbocycles. The van der Waals surface area contributed by atoms with Gasteiger partial charge in [0.25, 0.3) is 0 Å². The summed E-state index contributed by atoms with van der Waals surface area (Å²) >= 11 is 0. The third-order valence-electron chi connectivity index (χ3n) is 12.0. The Labute approximate surface area is 305 Å². The summed E-state index contributed by atoms with van der Waals surface area (Å²) in [6.45, 7) is 0. The van der Waals surface area contributed by atoms with Crippen LogP contribution < -0.4 is 10.6 Å². The maximum atomic E-state index is 5.80. The molecule has 4 nitrogen and oxygen atoms in total. The molecule has 9 rings (SSSR count). The van der Waals surface area contributed by atoms with E-state index in [1.54, 1.807) is 0 Å². The topological polar surface area (TPSA) is 52.3 Å². The first-order valence-electron chi connectivity index (χ1n) is 18.3. The molecule has 12 atom stereocenters. The Morgan fingerprint density at radius 1 is 0.347 bits per heavy atom. The van der Waals surface area contributed by atoms with Gasteiger partial charge in [-0.2, -0.15) is 0 Å². The number of hydrogen-bond donors (Lipinski definition) is 2. The average molecular weight is 696 g/mol. The monoisotopic (exact) mass is 694 g/mol. The SMILES string of the molecule is C1=CC2NC1C(c1ccccc1)C1CCC([N-]1)C(c1ccccc1)C1C=CC(N1)C(c1ccccc1)C1CCC([N-]1)C2c1ccccc1.[Zn+2]. The zero-order chi connectivity index (χ0) is 31.9. The molecule has 2 N–H and O–H groups in total. The third kappa shape index (κ3) is 6.46. The van der Waals surface area contributed by atoms with Crippen LogP contribution in [0.2, 0.25) is 0 Å². The molecule has 3 fully saturated rings. The number of benzene rings is 4. The third-order valence-corrected chi connectivity index (χ3v) is 12.0. The molecule has 0 aliphatic carbocycles. The van der Waals surface area contributed by atoms with Gasteiger partial charge in [-0.05, 0) is 45.9 Å². The van der Waals surface area contributed by atoms with Crippen LogP contribution in [0.5, 0.6) is 0 Å². The molecule has 0 radical (unpaired) electrons. The van der Waals surface area contributed by atoms with E-state index in [4.69, 9.17) is 10.6 Å². The Morgan fingerprint density at radius 3 is 0.796 bits per heavy atom. The van der Waals surface area contributed by atoms with Crippen molar-refractivity contribution in [2.24, 2.45) is 0 Å². The van der Waals surface area contributed by atoms with Gasteiger partial charge in [0.2, 0.25) is 0 Å². The summed E-state index contributed by atoms with van der Waals surface area (Å²) in [5.74, 6) is 1.14. The summed E-state index contributed by atoms with van der Waals surface area (Å²) in [6, 6.07) is 46.7. The fourth-order valence-corrected chi connectivity index (χ4v) is 9.98. The molecule has 4 aromatic rings. The number of nitrogens with zero attached hydrogens (tertiary/aromatic N) is 2. The molecule has 5 aliphatic heterocycles. The molecule has 0 aromatic heterocycles. The van der Waals surface area contributed by atoms with E-state index in [-0.39, 0.29) is 91.5 Å². The largest absolute Gasteiger partial charge is 2.00 e. The molecule has 49 heavy (non-hydrogen) atoms. The molecule has 8 bridgehead atoms. The first kappa shape index (κ1) is 33.0. The number of rotatable bonds is 4. The van der Waals surface area contributed by atoms with Gasteiger partial charge in [0.05, 0.1) is 0 Å². The molecule has 0 spiro atoms. The van der Waals surface area contributed by atoms with Crippen molar-refractivity contribution in [2.75, 3.05) is 0 Å². The van der Waals surface area contributed by atoms with Gasteiger partial charge >= 0.3 is 19.5 Å². The van der Waals surface area contributed by atoms with Crippen molar-refractivity contribution >= 4 is 0 Å². The van der Waals surface area contributed by atoms with E-state index in [2.05, 4.69) is 156 Å². The van der Waals surface area contributed by atoms with Crippen LogP contribution in [0.1, 0.15) is 71.6 Å². The van der Waals surface area contributed by atoms with Crippen molar-refractivity contribution in [1.82, 2.24) is 10.6 Å². The summed E-state index contributed by atoms with van der Waals surface area (Å²) in [5.41, 5.74) is 5.55. The first-order valence-corrected chi connectivity index (χ1v) is 18.3. The number of nitrogens with one attached hydrogen (secondary N) is 2. The minimum absolute atomic E-state index is 0. The Hall–Kier alpha value is -3.18. The Balaban J connectivity index is 0.00000348. The Morgan fingerprint density at radius 2 is 0.571 bits per heavy atom. The fourth-order valence-electron chi connectivity index (χ4n) is 9.98. The van der Waals surface area contributed by atoms with Gasteiger partial charge in [-0.15, -0.1) is 24.2 Å². The van der Waals surface area contributed by atoms with Crippen LogP contribution in [0.25, 0.3) is 10.6 Å². The minimum atomic E-state index is 0. The number of hydrogen-bond acceptors (Lipinski definition) is 2. The molecule has 244 valence electrons. The Bertz CT molecular complexity index is 1460. The summed E-state index contributed by atoms with van der Waals surface area (Å²) in [5, 5.41) is 20.0. The maximum Gasteiger partial charge on any atom is 2.00 e. The zero-order valence-corrected chi connectivity index (χ0v) is 31.2. The van der Waals surface area contributed by atoms with E-state index in [1.165, 1.54) is 22.3 Å². The molecule has 5 heterocycles. The predicted molar refractivity (Wildman–Crippen MR) is 197 cm³/mol. The second-order valence-electron chi connectivity index (χ2n) is 14.7. The van der Waals surface area contributed by atoms with Crippen LogP contribution in [-0.4, -0.2) is 48.3 Å². The first-order chi connectivity index (χ1) is 23.8. The predicted octanol–water partition coefficient (Wildman–Crippen LogP) is 8.74. The number of fused-ring (bicyclic) bond motifs is 8. The quantitative estimate of drug-likeness (QED) is 0.166. The van der Waals surface area contributed by atoms with Crippen molar-refractivity contribution in [3.05, 3.63) is 179 Å². The maximum absolute atomic E-state index is 5.80. The molecule has 0 amide bonds. The van der Waals surface area contributed by atoms with Crippen molar-refractivity contribution in [1.29, 1.82) is 0 Å². The van der Waals surface area contributed by atoms with Crippen LogP contribution in [0, 0.1) is 0 Å².